The van der Waals surface area contributed by atoms with Crippen molar-refractivity contribution in [3.8, 4) is 0 Å². The Hall–Kier alpha value is -3.17. The van der Waals surface area contributed by atoms with Crippen molar-refractivity contribution in [2.24, 2.45) is 0 Å². The van der Waals surface area contributed by atoms with Gasteiger partial charge in [-0.1, -0.05) is 95.7 Å². The van der Waals surface area contributed by atoms with Gasteiger partial charge in [0, 0.05) is 21.4 Å². The lowest BCUT2D eigenvalue weighted by Gasteiger charge is -2.22. The molecule has 0 saturated carbocycles. The summed E-state index contributed by atoms with van der Waals surface area (Å²) in [4.78, 5) is 28.0. The summed E-state index contributed by atoms with van der Waals surface area (Å²) in [5, 5.41) is 21.1. The Labute approximate surface area is 237 Å². The smallest absolute Gasteiger partial charge is 0.301 e. The van der Waals surface area contributed by atoms with Gasteiger partial charge in [0.1, 0.15) is 5.76 Å². The molecular weight excluding hydrogens is 561 g/mol. The van der Waals surface area contributed by atoms with Crippen LogP contribution in [-0.2, 0) is 21.8 Å². The van der Waals surface area contributed by atoms with Crippen LogP contribution in [0, 0.1) is 0 Å². The van der Waals surface area contributed by atoms with Crippen molar-refractivity contribution in [1.29, 1.82) is 0 Å². The topological polar surface area (TPSA) is 83.4 Å². The number of nitrogens with zero attached hydrogens (tertiary/aromatic N) is 3. The lowest BCUT2D eigenvalue weighted by atomic mass is 9.94. The Bertz CT molecular complexity index is 1540. The first kappa shape index (κ1) is 26.4. The molecule has 1 saturated heterocycles. The number of aromatic nitrogens is 2. The number of rotatable bonds is 7. The van der Waals surface area contributed by atoms with E-state index in [4.69, 9.17) is 23.2 Å². The number of carbonyl (C=O) groups excluding carboxylic acids is 2. The average molecular weight is 583 g/mol. The van der Waals surface area contributed by atoms with Gasteiger partial charge < -0.3 is 5.11 Å². The van der Waals surface area contributed by atoms with Crippen LogP contribution in [0.1, 0.15) is 35.2 Å². The average Bonchev–Trinajstić information content (AvgIpc) is 3.50. The summed E-state index contributed by atoms with van der Waals surface area (Å²) >= 11 is 14.9. The van der Waals surface area contributed by atoms with Crippen molar-refractivity contribution in [2.75, 3.05) is 4.90 Å². The van der Waals surface area contributed by atoms with Crippen LogP contribution < -0.4 is 4.90 Å². The fourth-order valence-corrected chi connectivity index (χ4v) is 6.44. The number of benzene rings is 3. The molecule has 5 rings (SSSR count). The van der Waals surface area contributed by atoms with E-state index in [9.17, 15) is 14.7 Å². The van der Waals surface area contributed by atoms with Crippen molar-refractivity contribution in [2.45, 2.75) is 29.5 Å². The maximum atomic E-state index is 13.4. The van der Waals surface area contributed by atoms with E-state index >= 15 is 0 Å². The minimum absolute atomic E-state index is 0.0120. The molecule has 1 unspecified atom stereocenters. The zero-order chi connectivity index (χ0) is 26.8. The molecule has 1 atom stereocenters. The highest BCUT2D eigenvalue weighted by Crippen LogP contribution is 2.44. The van der Waals surface area contributed by atoms with Crippen molar-refractivity contribution < 1.29 is 14.7 Å². The molecular formula is C28H21Cl2N3O3S2. The first-order valence-corrected chi connectivity index (χ1v) is 14.3. The molecule has 2 heterocycles. The van der Waals surface area contributed by atoms with Crippen LogP contribution in [0.4, 0.5) is 5.13 Å². The van der Waals surface area contributed by atoms with Gasteiger partial charge in [-0.05, 0) is 53.4 Å². The highest BCUT2D eigenvalue weighted by molar-refractivity contribution is 8.00. The summed E-state index contributed by atoms with van der Waals surface area (Å²) in [5.74, 6) is -1.26. The molecule has 1 fully saturated rings. The van der Waals surface area contributed by atoms with E-state index in [0.29, 0.717) is 31.3 Å². The molecule has 1 aromatic heterocycles. The van der Waals surface area contributed by atoms with Crippen LogP contribution >= 0.6 is 46.3 Å². The number of anilines is 1. The summed E-state index contributed by atoms with van der Waals surface area (Å²) in [6.07, 6.45) is 0.841. The number of Topliss-reactive ketones (excluding diaryl/α,β-unsaturated/α-hetero) is 1. The molecule has 1 aliphatic rings. The van der Waals surface area contributed by atoms with Crippen LogP contribution in [0.5, 0.6) is 0 Å². The second-order valence-corrected chi connectivity index (χ2v) is 11.5. The summed E-state index contributed by atoms with van der Waals surface area (Å²) < 4.78 is 0.625. The SMILES string of the molecule is CCc1ccc(C2/C(=C(/O)c3ccc(Cl)cc3)C(=O)C(=O)N2c2nnc(SCc3ccccc3Cl)s2)cc1. The van der Waals surface area contributed by atoms with Gasteiger partial charge in [-0.2, -0.15) is 0 Å². The minimum Gasteiger partial charge on any atom is -0.507 e. The largest absolute Gasteiger partial charge is 0.507 e. The number of amides is 1. The number of hydrogen-bond donors (Lipinski definition) is 1. The third kappa shape index (κ3) is 5.22. The molecule has 0 aliphatic carbocycles. The van der Waals surface area contributed by atoms with Gasteiger partial charge in [-0.15, -0.1) is 10.2 Å². The monoisotopic (exact) mass is 581 g/mol. The maximum absolute atomic E-state index is 13.4. The van der Waals surface area contributed by atoms with E-state index in [1.807, 2.05) is 55.5 Å². The molecule has 4 aromatic rings. The first-order valence-electron chi connectivity index (χ1n) is 11.7. The molecule has 6 nitrogen and oxygen atoms in total. The summed E-state index contributed by atoms with van der Waals surface area (Å²) in [6.45, 7) is 2.05. The Morgan fingerprint density at radius 3 is 2.39 bits per heavy atom. The highest BCUT2D eigenvalue weighted by Gasteiger charge is 2.48. The molecule has 38 heavy (non-hydrogen) atoms. The van der Waals surface area contributed by atoms with Crippen molar-refractivity contribution >= 4 is 68.9 Å². The molecule has 1 N–H and O–H groups in total. The number of aryl methyl sites for hydroxylation is 1. The standard InChI is InChI=1S/C28H21Cl2N3O3S2/c1-2-16-7-9-17(10-8-16)23-22(24(34)18-11-13-20(29)14-12-18)25(35)26(36)33(23)27-31-32-28(38-27)37-15-19-5-3-4-6-21(19)30/h3-14,23,34H,2,15H2,1H3/b24-22-. The Balaban J connectivity index is 1.54. The molecule has 1 amide bonds. The predicted molar refractivity (Wildman–Crippen MR) is 153 cm³/mol. The van der Waals surface area contributed by atoms with Crippen LogP contribution in [-0.4, -0.2) is 27.0 Å². The maximum Gasteiger partial charge on any atom is 0.301 e. The predicted octanol–water partition coefficient (Wildman–Crippen LogP) is 7.33. The van der Waals surface area contributed by atoms with E-state index in [1.54, 1.807) is 24.3 Å². The zero-order valence-electron chi connectivity index (χ0n) is 20.1. The number of aliphatic hydroxyl groups excluding tert-OH is 1. The fraction of sp³-hybridized carbons (Fsp3) is 0.143. The quantitative estimate of drug-likeness (QED) is 0.0808. The molecule has 192 valence electrons. The summed E-state index contributed by atoms with van der Waals surface area (Å²) in [6, 6.07) is 20.8. The van der Waals surface area contributed by atoms with Crippen LogP contribution in [0.15, 0.2) is 82.7 Å². The van der Waals surface area contributed by atoms with Gasteiger partial charge in [0.15, 0.2) is 4.34 Å². The lowest BCUT2D eigenvalue weighted by molar-refractivity contribution is -0.132. The second kappa shape index (κ2) is 11.3. The zero-order valence-corrected chi connectivity index (χ0v) is 23.2. The third-order valence-electron chi connectivity index (χ3n) is 6.18. The van der Waals surface area contributed by atoms with Gasteiger partial charge in [0.05, 0.1) is 11.6 Å². The molecule has 0 spiro atoms. The molecule has 3 aromatic carbocycles. The highest BCUT2D eigenvalue weighted by atomic mass is 35.5. The van der Waals surface area contributed by atoms with E-state index in [-0.39, 0.29) is 16.5 Å². The van der Waals surface area contributed by atoms with Gasteiger partial charge in [0.2, 0.25) is 5.13 Å². The van der Waals surface area contributed by atoms with Crippen LogP contribution in [0.25, 0.3) is 5.76 Å². The molecule has 0 radical (unpaired) electrons. The van der Waals surface area contributed by atoms with Gasteiger partial charge in [-0.3, -0.25) is 14.5 Å². The number of carbonyl (C=O) groups is 2. The summed E-state index contributed by atoms with van der Waals surface area (Å²) in [5.41, 5.74) is 3.11. The molecule has 10 heteroatoms. The number of halogens is 2. The second-order valence-electron chi connectivity index (χ2n) is 8.50. The van der Waals surface area contributed by atoms with E-state index in [1.165, 1.54) is 28.0 Å². The van der Waals surface area contributed by atoms with Crippen molar-refractivity contribution in [3.05, 3.63) is 111 Å². The summed E-state index contributed by atoms with van der Waals surface area (Å²) in [7, 11) is 0. The number of thioether (sulfide) groups is 1. The number of hydrogen-bond acceptors (Lipinski definition) is 7. The Kier molecular flexibility index (Phi) is 7.85. The van der Waals surface area contributed by atoms with Crippen molar-refractivity contribution in [3.63, 3.8) is 0 Å². The Morgan fingerprint density at radius 2 is 1.71 bits per heavy atom. The lowest BCUT2D eigenvalue weighted by Crippen LogP contribution is -2.29. The van der Waals surface area contributed by atoms with Crippen molar-refractivity contribution in [1.82, 2.24) is 10.2 Å². The minimum atomic E-state index is -0.869. The number of aliphatic hydroxyl groups is 1. The van der Waals surface area contributed by atoms with Gasteiger partial charge in [0.25, 0.3) is 5.78 Å². The van der Waals surface area contributed by atoms with E-state index in [0.717, 1.165) is 17.5 Å². The van der Waals surface area contributed by atoms with E-state index < -0.39 is 17.7 Å². The van der Waals surface area contributed by atoms with Crippen LogP contribution in [0.2, 0.25) is 10.0 Å². The number of ketones is 1. The molecule has 1 aliphatic heterocycles. The van der Waals surface area contributed by atoms with E-state index in [2.05, 4.69) is 10.2 Å². The normalized spacial score (nSPS) is 16.8. The van der Waals surface area contributed by atoms with Crippen LogP contribution in [0.3, 0.4) is 0 Å². The molecule has 0 bridgehead atoms. The van der Waals surface area contributed by atoms with Gasteiger partial charge in [-0.25, -0.2) is 0 Å². The fourth-order valence-electron chi connectivity index (χ4n) is 4.16. The first-order chi connectivity index (χ1) is 18.4. The third-order valence-corrected chi connectivity index (χ3v) is 8.90. The Morgan fingerprint density at radius 1 is 1.00 bits per heavy atom. The van der Waals surface area contributed by atoms with Gasteiger partial charge >= 0.3 is 5.91 Å².